The van der Waals surface area contributed by atoms with Gasteiger partial charge < -0.3 is 20.3 Å². The Morgan fingerprint density at radius 1 is 1.21 bits per heavy atom. The zero-order valence-electron chi connectivity index (χ0n) is 16.1. The van der Waals surface area contributed by atoms with Crippen LogP contribution in [0.25, 0.3) is 5.70 Å². The SMILES string of the molecule is COc1ccccc1CCNC(=O)C1NC(c2cccc(Cl)c2)=C2C=CC=CN21. The van der Waals surface area contributed by atoms with Crippen LogP contribution in [0.1, 0.15) is 11.1 Å². The molecule has 5 nitrogen and oxygen atoms in total. The Kier molecular flexibility index (Phi) is 5.58. The molecule has 1 atom stereocenters. The van der Waals surface area contributed by atoms with E-state index in [1.54, 1.807) is 7.11 Å². The van der Waals surface area contributed by atoms with Crippen LogP contribution in [-0.4, -0.2) is 30.6 Å². The summed E-state index contributed by atoms with van der Waals surface area (Å²) in [4.78, 5) is 14.9. The van der Waals surface area contributed by atoms with Gasteiger partial charge in [-0.2, -0.15) is 0 Å². The highest BCUT2D eigenvalue weighted by Crippen LogP contribution is 2.31. The molecule has 0 spiro atoms. The number of carbonyl (C=O) groups is 1. The van der Waals surface area contributed by atoms with E-state index in [-0.39, 0.29) is 5.91 Å². The average Bonchev–Trinajstić information content (AvgIpc) is 3.14. The molecule has 1 unspecified atom stereocenters. The predicted octanol–water partition coefficient (Wildman–Crippen LogP) is 3.69. The Hall–Kier alpha value is -3.18. The fourth-order valence-electron chi connectivity index (χ4n) is 3.57. The Morgan fingerprint density at radius 3 is 2.90 bits per heavy atom. The fraction of sp³-hybridized carbons (Fsp3) is 0.174. The number of allylic oxidation sites excluding steroid dienone is 3. The van der Waals surface area contributed by atoms with Crippen molar-refractivity contribution < 1.29 is 9.53 Å². The van der Waals surface area contributed by atoms with Crippen LogP contribution in [-0.2, 0) is 11.2 Å². The van der Waals surface area contributed by atoms with Crippen molar-refractivity contribution in [1.82, 2.24) is 15.5 Å². The van der Waals surface area contributed by atoms with Crippen molar-refractivity contribution >= 4 is 23.2 Å². The van der Waals surface area contributed by atoms with E-state index in [2.05, 4.69) is 10.6 Å². The van der Waals surface area contributed by atoms with E-state index in [0.717, 1.165) is 28.3 Å². The van der Waals surface area contributed by atoms with Crippen LogP contribution in [0.4, 0.5) is 0 Å². The Bertz CT molecular complexity index is 1010. The summed E-state index contributed by atoms with van der Waals surface area (Å²) < 4.78 is 5.38. The van der Waals surface area contributed by atoms with Crippen molar-refractivity contribution in [2.45, 2.75) is 12.6 Å². The zero-order valence-corrected chi connectivity index (χ0v) is 16.8. The van der Waals surface area contributed by atoms with Gasteiger partial charge in [-0.25, -0.2) is 0 Å². The minimum absolute atomic E-state index is 0.0885. The molecule has 148 valence electrons. The first kappa shape index (κ1) is 19.2. The van der Waals surface area contributed by atoms with Gasteiger partial charge in [-0.1, -0.05) is 48.0 Å². The van der Waals surface area contributed by atoms with Gasteiger partial charge in [0.1, 0.15) is 5.75 Å². The first-order valence-electron chi connectivity index (χ1n) is 9.47. The van der Waals surface area contributed by atoms with Crippen LogP contribution in [0.15, 0.2) is 78.7 Å². The molecule has 2 heterocycles. The van der Waals surface area contributed by atoms with Gasteiger partial charge in [0.25, 0.3) is 5.91 Å². The lowest BCUT2D eigenvalue weighted by atomic mass is 10.1. The summed E-state index contributed by atoms with van der Waals surface area (Å²) in [6, 6.07) is 15.4. The number of benzene rings is 2. The molecule has 2 aromatic carbocycles. The lowest BCUT2D eigenvalue weighted by Gasteiger charge is -2.25. The number of nitrogens with one attached hydrogen (secondary N) is 2. The number of fused-ring (bicyclic) bond motifs is 1. The van der Waals surface area contributed by atoms with Gasteiger partial charge in [-0.05, 0) is 42.3 Å². The van der Waals surface area contributed by atoms with Crippen LogP contribution in [0, 0.1) is 0 Å². The number of methoxy groups -OCH3 is 1. The summed E-state index contributed by atoms with van der Waals surface area (Å²) in [5.74, 6) is 0.742. The first-order valence-corrected chi connectivity index (χ1v) is 9.85. The van der Waals surface area contributed by atoms with Crippen molar-refractivity contribution in [1.29, 1.82) is 0 Å². The number of amides is 1. The second-order valence-electron chi connectivity index (χ2n) is 6.78. The molecule has 2 N–H and O–H groups in total. The maximum absolute atomic E-state index is 12.9. The van der Waals surface area contributed by atoms with Gasteiger partial charge >= 0.3 is 0 Å². The molecule has 0 radical (unpaired) electrons. The summed E-state index contributed by atoms with van der Waals surface area (Å²) in [7, 11) is 1.65. The highest BCUT2D eigenvalue weighted by molar-refractivity contribution is 6.30. The molecule has 0 aromatic heterocycles. The lowest BCUT2D eigenvalue weighted by molar-refractivity contribution is -0.125. The predicted molar refractivity (Wildman–Crippen MR) is 115 cm³/mol. The molecule has 0 fully saturated rings. The molecule has 2 aromatic rings. The number of hydrogen-bond donors (Lipinski definition) is 2. The van der Waals surface area contributed by atoms with E-state index in [1.165, 1.54) is 0 Å². The molecule has 0 saturated heterocycles. The normalized spacial score (nSPS) is 17.2. The van der Waals surface area contributed by atoms with Crippen molar-refractivity contribution in [3.63, 3.8) is 0 Å². The van der Waals surface area contributed by atoms with E-state index < -0.39 is 6.17 Å². The molecule has 0 aliphatic carbocycles. The molecule has 29 heavy (non-hydrogen) atoms. The molecule has 1 amide bonds. The third-order valence-electron chi connectivity index (χ3n) is 4.95. The molecular formula is C23H22ClN3O2. The van der Waals surface area contributed by atoms with Gasteiger partial charge in [-0.3, -0.25) is 4.79 Å². The molecule has 4 rings (SSSR count). The number of nitrogens with zero attached hydrogens (tertiary/aromatic N) is 1. The van der Waals surface area contributed by atoms with Crippen LogP contribution >= 0.6 is 11.6 Å². The Morgan fingerprint density at radius 2 is 2.07 bits per heavy atom. The number of para-hydroxylation sites is 1. The fourth-order valence-corrected chi connectivity index (χ4v) is 3.76. The van der Waals surface area contributed by atoms with Gasteiger partial charge in [0, 0.05) is 23.3 Å². The standard InChI is InChI=1S/C23H22ClN3O2/c1-29-20-11-3-2-7-16(20)12-13-25-23(28)22-26-21(17-8-6-9-18(24)15-17)19-10-4-5-14-27(19)22/h2-11,14-15,22,26H,12-13H2,1H3,(H,25,28). The van der Waals surface area contributed by atoms with E-state index in [9.17, 15) is 4.79 Å². The van der Waals surface area contributed by atoms with Crippen LogP contribution in [0.3, 0.4) is 0 Å². The summed E-state index contributed by atoms with van der Waals surface area (Å²) in [5.41, 5.74) is 3.84. The quantitative estimate of drug-likeness (QED) is 0.766. The zero-order chi connectivity index (χ0) is 20.2. The smallest absolute Gasteiger partial charge is 0.263 e. The maximum atomic E-state index is 12.9. The van der Waals surface area contributed by atoms with Crippen molar-refractivity contribution in [2.24, 2.45) is 0 Å². The van der Waals surface area contributed by atoms with Crippen molar-refractivity contribution in [2.75, 3.05) is 13.7 Å². The minimum Gasteiger partial charge on any atom is -0.496 e. The molecule has 6 heteroatoms. The monoisotopic (exact) mass is 407 g/mol. The minimum atomic E-state index is -0.516. The van der Waals surface area contributed by atoms with Gasteiger partial charge in [0.05, 0.1) is 18.5 Å². The van der Waals surface area contributed by atoms with Crippen LogP contribution in [0.2, 0.25) is 5.02 Å². The summed E-state index contributed by atoms with van der Waals surface area (Å²) >= 11 is 6.16. The number of halogens is 1. The molecule has 0 saturated carbocycles. The second-order valence-corrected chi connectivity index (χ2v) is 7.21. The third-order valence-corrected chi connectivity index (χ3v) is 5.19. The highest BCUT2D eigenvalue weighted by atomic mass is 35.5. The summed E-state index contributed by atoms with van der Waals surface area (Å²) in [5, 5.41) is 7.04. The maximum Gasteiger partial charge on any atom is 0.263 e. The van der Waals surface area contributed by atoms with E-state index in [0.29, 0.717) is 18.0 Å². The molecule has 0 bridgehead atoms. The average molecular weight is 408 g/mol. The number of ether oxygens (including phenoxy) is 1. The number of rotatable bonds is 6. The molecule has 2 aliphatic rings. The number of hydrogen-bond acceptors (Lipinski definition) is 4. The second kappa shape index (κ2) is 8.45. The van der Waals surface area contributed by atoms with E-state index in [4.69, 9.17) is 16.3 Å². The van der Waals surface area contributed by atoms with Crippen molar-refractivity contribution in [3.8, 4) is 5.75 Å². The molecular weight excluding hydrogens is 386 g/mol. The van der Waals surface area contributed by atoms with Crippen molar-refractivity contribution in [3.05, 3.63) is 94.8 Å². The van der Waals surface area contributed by atoms with Gasteiger partial charge in [0.15, 0.2) is 6.17 Å². The largest absolute Gasteiger partial charge is 0.496 e. The van der Waals surface area contributed by atoms with Crippen LogP contribution < -0.4 is 15.4 Å². The summed E-state index contributed by atoms with van der Waals surface area (Å²) in [6.07, 6.45) is 7.95. The highest BCUT2D eigenvalue weighted by Gasteiger charge is 2.35. The van der Waals surface area contributed by atoms with Gasteiger partial charge in [0.2, 0.25) is 0 Å². The van der Waals surface area contributed by atoms with Gasteiger partial charge in [-0.15, -0.1) is 0 Å². The molecule has 2 aliphatic heterocycles. The van der Waals surface area contributed by atoms with E-state index >= 15 is 0 Å². The Labute approximate surface area is 175 Å². The third kappa shape index (κ3) is 4.00. The Balaban J connectivity index is 1.46. The topological polar surface area (TPSA) is 53.6 Å². The van der Waals surface area contributed by atoms with Crippen LogP contribution in [0.5, 0.6) is 5.75 Å². The van der Waals surface area contributed by atoms with E-state index in [1.807, 2.05) is 77.9 Å². The summed E-state index contributed by atoms with van der Waals surface area (Å²) in [6.45, 7) is 0.520. The number of carbonyl (C=O) groups excluding carboxylic acids is 1. The lowest BCUT2D eigenvalue weighted by Crippen LogP contribution is -2.48. The first-order chi connectivity index (χ1) is 14.2.